The second-order valence-electron chi connectivity index (χ2n) is 2.61. The predicted octanol–water partition coefficient (Wildman–Crippen LogP) is 2.82. The standard InChI is InChI=1S/C8H8ClF2N/c1-3-5(9)8(12)4(2)7(11)6(3)10/h12H2,1-2H3. The Kier molecular flexibility index (Phi) is 2.24. The first-order valence-electron chi connectivity index (χ1n) is 3.36. The Bertz CT molecular complexity index is 231. The molecular formula is C8H8ClF2N. The van der Waals surface area contributed by atoms with E-state index in [0.717, 1.165) is 0 Å². The van der Waals surface area contributed by atoms with Gasteiger partial charge in [0, 0.05) is 11.1 Å². The maximum Gasteiger partial charge on any atom is 0.164 e. The zero-order valence-corrected chi connectivity index (χ0v) is 7.47. The molecule has 0 atom stereocenters. The van der Waals surface area contributed by atoms with Gasteiger partial charge in [-0.25, -0.2) is 8.78 Å². The van der Waals surface area contributed by atoms with Gasteiger partial charge < -0.3 is 5.73 Å². The van der Waals surface area contributed by atoms with Gasteiger partial charge in [0.15, 0.2) is 11.6 Å². The van der Waals surface area contributed by atoms with Gasteiger partial charge >= 0.3 is 0 Å². The number of anilines is 1. The van der Waals surface area contributed by atoms with Crippen molar-refractivity contribution in [2.75, 3.05) is 5.73 Å². The molecule has 0 radical (unpaired) electrons. The van der Waals surface area contributed by atoms with Gasteiger partial charge in [0.05, 0.1) is 10.7 Å². The molecule has 0 aromatic heterocycles. The molecule has 0 aliphatic rings. The second kappa shape index (κ2) is 2.90. The largest absolute Gasteiger partial charge is 0.397 e. The summed E-state index contributed by atoms with van der Waals surface area (Å²) in [5.41, 5.74) is 5.63. The Labute approximate surface area is 74.1 Å². The van der Waals surface area contributed by atoms with Crippen molar-refractivity contribution in [1.82, 2.24) is 0 Å². The van der Waals surface area contributed by atoms with Crippen LogP contribution in [-0.4, -0.2) is 0 Å². The quantitative estimate of drug-likeness (QED) is 0.495. The maximum atomic E-state index is 12.9. The molecule has 0 unspecified atom stereocenters. The van der Waals surface area contributed by atoms with Gasteiger partial charge in [0.2, 0.25) is 0 Å². The summed E-state index contributed by atoms with van der Waals surface area (Å²) >= 11 is 5.63. The van der Waals surface area contributed by atoms with Crippen LogP contribution in [0.25, 0.3) is 0 Å². The third-order valence-electron chi connectivity index (χ3n) is 1.82. The summed E-state index contributed by atoms with van der Waals surface area (Å²) < 4.78 is 25.8. The van der Waals surface area contributed by atoms with Crippen LogP contribution in [0.1, 0.15) is 11.1 Å². The van der Waals surface area contributed by atoms with E-state index in [2.05, 4.69) is 0 Å². The van der Waals surface area contributed by atoms with E-state index >= 15 is 0 Å². The Morgan fingerprint density at radius 2 is 1.50 bits per heavy atom. The molecule has 0 fully saturated rings. The number of hydrogen-bond donors (Lipinski definition) is 1. The molecule has 0 aliphatic carbocycles. The van der Waals surface area contributed by atoms with Crippen LogP contribution < -0.4 is 5.73 Å². The number of halogens is 3. The van der Waals surface area contributed by atoms with E-state index in [1.807, 2.05) is 0 Å². The van der Waals surface area contributed by atoms with E-state index in [-0.39, 0.29) is 21.8 Å². The normalized spacial score (nSPS) is 10.4. The third-order valence-corrected chi connectivity index (χ3v) is 2.31. The Hall–Kier alpha value is -0.830. The monoisotopic (exact) mass is 191 g/mol. The molecule has 0 saturated heterocycles. The number of hydrogen-bond acceptors (Lipinski definition) is 1. The first-order valence-corrected chi connectivity index (χ1v) is 3.73. The lowest BCUT2D eigenvalue weighted by Gasteiger charge is -2.08. The summed E-state index contributed by atoms with van der Waals surface area (Å²) in [5.74, 6) is -1.85. The molecule has 0 bridgehead atoms. The summed E-state index contributed by atoms with van der Waals surface area (Å²) in [4.78, 5) is 0. The van der Waals surface area contributed by atoms with Gasteiger partial charge in [-0.1, -0.05) is 11.6 Å². The smallest absolute Gasteiger partial charge is 0.164 e. The van der Waals surface area contributed by atoms with Crippen LogP contribution in [0, 0.1) is 25.5 Å². The van der Waals surface area contributed by atoms with Crippen molar-refractivity contribution in [3.63, 3.8) is 0 Å². The van der Waals surface area contributed by atoms with Gasteiger partial charge in [0.1, 0.15) is 0 Å². The fourth-order valence-electron chi connectivity index (χ4n) is 0.910. The molecule has 0 spiro atoms. The lowest BCUT2D eigenvalue weighted by Crippen LogP contribution is -2.01. The molecular weight excluding hydrogens is 184 g/mol. The Morgan fingerprint density at radius 1 is 1.08 bits per heavy atom. The van der Waals surface area contributed by atoms with Crippen molar-refractivity contribution in [3.05, 3.63) is 27.8 Å². The van der Waals surface area contributed by atoms with Gasteiger partial charge in [-0.3, -0.25) is 0 Å². The SMILES string of the molecule is Cc1c(N)c(Cl)c(C)c(F)c1F. The minimum Gasteiger partial charge on any atom is -0.397 e. The van der Waals surface area contributed by atoms with Crippen molar-refractivity contribution in [3.8, 4) is 0 Å². The minimum absolute atomic E-state index is 0.0530. The van der Waals surface area contributed by atoms with Crippen LogP contribution in [0.15, 0.2) is 0 Å². The van der Waals surface area contributed by atoms with E-state index < -0.39 is 11.6 Å². The van der Waals surface area contributed by atoms with Gasteiger partial charge in [-0.15, -0.1) is 0 Å². The molecule has 0 aliphatic heterocycles. The van der Waals surface area contributed by atoms with Gasteiger partial charge in [-0.05, 0) is 13.8 Å². The van der Waals surface area contributed by atoms with Crippen molar-refractivity contribution >= 4 is 17.3 Å². The summed E-state index contributed by atoms with van der Waals surface area (Å²) in [6.45, 7) is 2.77. The summed E-state index contributed by atoms with van der Waals surface area (Å²) in [6, 6.07) is 0. The fourth-order valence-corrected chi connectivity index (χ4v) is 1.14. The summed E-state index contributed by atoms with van der Waals surface area (Å²) in [6.07, 6.45) is 0. The molecule has 2 N–H and O–H groups in total. The van der Waals surface area contributed by atoms with Crippen LogP contribution in [0.2, 0.25) is 5.02 Å². The average Bonchev–Trinajstić information content (AvgIpc) is 2.08. The molecule has 1 aromatic rings. The average molecular weight is 192 g/mol. The van der Waals surface area contributed by atoms with E-state index in [1.54, 1.807) is 0 Å². The van der Waals surface area contributed by atoms with Crippen LogP contribution >= 0.6 is 11.6 Å². The molecule has 0 heterocycles. The second-order valence-corrected chi connectivity index (χ2v) is 2.98. The third kappa shape index (κ3) is 1.14. The highest BCUT2D eigenvalue weighted by atomic mass is 35.5. The number of benzene rings is 1. The highest BCUT2D eigenvalue weighted by Gasteiger charge is 2.16. The van der Waals surface area contributed by atoms with Crippen molar-refractivity contribution in [2.45, 2.75) is 13.8 Å². The van der Waals surface area contributed by atoms with Crippen LogP contribution in [0.3, 0.4) is 0 Å². The molecule has 1 rings (SSSR count). The zero-order valence-electron chi connectivity index (χ0n) is 6.71. The van der Waals surface area contributed by atoms with Crippen molar-refractivity contribution < 1.29 is 8.78 Å². The molecule has 12 heavy (non-hydrogen) atoms. The van der Waals surface area contributed by atoms with Crippen LogP contribution in [0.5, 0.6) is 0 Å². The summed E-state index contributed by atoms with van der Waals surface area (Å²) in [7, 11) is 0. The first kappa shape index (κ1) is 9.26. The first-order chi connectivity index (χ1) is 5.46. The highest BCUT2D eigenvalue weighted by Crippen LogP contribution is 2.30. The van der Waals surface area contributed by atoms with E-state index in [0.29, 0.717) is 0 Å². The molecule has 0 saturated carbocycles. The van der Waals surface area contributed by atoms with Gasteiger partial charge in [0.25, 0.3) is 0 Å². The number of nitrogens with two attached hydrogens (primary N) is 1. The highest BCUT2D eigenvalue weighted by molar-refractivity contribution is 6.34. The van der Waals surface area contributed by atoms with Crippen molar-refractivity contribution in [1.29, 1.82) is 0 Å². The topological polar surface area (TPSA) is 26.0 Å². The molecule has 0 amide bonds. The van der Waals surface area contributed by atoms with Crippen LogP contribution in [0.4, 0.5) is 14.5 Å². The molecule has 66 valence electrons. The Morgan fingerprint density at radius 3 is 2.00 bits per heavy atom. The number of rotatable bonds is 0. The van der Waals surface area contributed by atoms with E-state index in [1.165, 1.54) is 13.8 Å². The lowest BCUT2D eigenvalue weighted by molar-refractivity contribution is 0.498. The fraction of sp³-hybridized carbons (Fsp3) is 0.250. The lowest BCUT2D eigenvalue weighted by atomic mass is 10.1. The minimum atomic E-state index is -0.924. The van der Waals surface area contributed by atoms with Crippen LogP contribution in [-0.2, 0) is 0 Å². The maximum absolute atomic E-state index is 12.9. The molecule has 1 aromatic carbocycles. The predicted molar refractivity (Wildman–Crippen MR) is 45.3 cm³/mol. The number of nitrogen functional groups attached to an aromatic ring is 1. The van der Waals surface area contributed by atoms with Gasteiger partial charge in [-0.2, -0.15) is 0 Å². The Balaban J connectivity index is 3.60. The molecule has 4 heteroatoms. The summed E-state index contributed by atoms with van der Waals surface area (Å²) in [5, 5.41) is 0.0893. The van der Waals surface area contributed by atoms with Crippen molar-refractivity contribution in [2.24, 2.45) is 0 Å². The van der Waals surface area contributed by atoms with E-state index in [9.17, 15) is 8.78 Å². The van der Waals surface area contributed by atoms with E-state index in [4.69, 9.17) is 17.3 Å². The molecule has 1 nitrogen and oxygen atoms in total. The zero-order chi connectivity index (χ0) is 9.46.